The topological polar surface area (TPSA) is 113 Å². The van der Waals surface area contributed by atoms with E-state index in [4.69, 9.17) is 11.5 Å². The lowest BCUT2D eigenvalue weighted by molar-refractivity contribution is -0.118. The van der Waals surface area contributed by atoms with Gasteiger partial charge in [-0.3, -0.25) is 14.7 Å². The summed E-state index contributed by atoms with van der Waals surface area (Å²) in [5.74, 6) is 0.0819. The van der Waals surface area contributed by atoms with Crippen molar-refractivity contribution in [2.75, 3.05) is 43.4 Å². The summed E-state index contributed by atoms with van der Waals surface area (Å²) < 4.78 is 0.812. The number of piperazine rings is 1. The first-order valence-corrected chi connectivity index (χ1v) is 9.16. The lowest BCUT2D eigenvalue weighted by Crippen LogP contribution is -2.48. The van der Waals surface area contributed by atoms with Crippen LogP contribution in [0.2, 0.25) is 0 Å². The molecule has 4 N–H and O–H groups in total. The highest BCUT2D eigenvalue weighted by Gasteiger charge is 2.23. The predicted octanol–water partition coefficient (Wildman–Crippen LogP) is 1.60. The van der Waals surface area contributed by atoms with Gasteiger partial charge in [0.15, 0.2) is 11.0 Å². The van der Waals surface area contributed by atoms with Gasteiger partial charge in [0.25, 0.3) is 5.91 Å². The van der Waals surface area contributed by atoms with Crippen LogP contribution in [0.1, 0.15) is 0 Å². The molecule has 1 fully saturated rings. The van der Waals surface area contributed by atoms with Gasteiger partial charge in [0.1, 0.15) is 5.69 Å². The van der Waals surface area contributed by atoms with E-state index in [1.165, 1.54) is 5.41 Å². The zero-order valence-corrected chi connectivity index (χ0v) is 16.1. The van der Waals surface area contributed by atoms with Gasteiger partial charge in [-0.2, -0.15) is 4.99 Å². The molecule has 134 valence electrons. The number of halogens is 1. The van der Waals surface area contributed by atoms with E-state index >= 15 is 0 Å². The summed E-state index contributed by atoms with van der Waals surface area (Å²) in [4.78, 5) is 28.0. The van der Waals surface area contributed by atoms with Crippen LogP contribution in [-0.4, -0.2) is 60.4 Å². The number of rotatable bonds is 5. The van der Waals surface area contributed by atoms with Gasteiger partial charge in [-0.15, -0.1) is 0 Å². The van der Waals surface area contributed by atoms with Crippen LogP contribution in [0.4, 0.5) is 17.2 Å². The minimum Gasteiger partial charge on any atom is -0.382 e. The van der Waals surface area contributed by atoms with Crippen LogP contribution in [-0.2, 0) is 4.79 Å². The van der Waals surface area contributed by atoms with Gasteiger partial charge in [-0.05, 0) is 28.1 Å². The molecule has 2 rings (SSSR count). The van der Waals surface area contributed by atoms with Crippen molar-refractivity contribution in [1.29, 1.82) is 0 Å². The maximum atomic E-state index is 11.9. The Kier molecular flexibility index (Phi) is 6.97. The van der Waals surface area contributed by atoms with Crippen LogP contribution in [0.25, 0.3) is 0 Å². The van der Waals surface area contributed by atoms with Crippen LogP contribution < -0.4 is 16.4 Å². The molecular formula is C15H20BrN7OS. The second kappa shape index (κ2) is 8.97. The van der Waals surface area contributed by atoms with E-state index in [9.17, 15) is 4.79 Å². The highest BCUT2D eigenvalue weighted by Crippen LogP contribution is 2.39. The number of nitrogens with zero attached hydrogens (tertiary/aromatic N) is 5. The highest BCUT2D eigenvalue weighted by molar-refractivity contribution is 9.10. The average Bonchev–Trinajstić information content (AvgIpc) is 2.57. The molecule has 8 nitrogen and oxygen atoms in total. The number of amides is 1. The Balaban J connectivity index is 2.00. The number of carbonyl (C=O) groups is 1. The molecule has 25 heavy (non-hydrogen) atoms. The molecule has 0 atom stereocenters. The minimum absolute atomic E-state index is 0.205. The van der Waals surface area contributed by atoms with E-state index in [1.54, 1.807) is 6.20 Å². The molecule has 1 aromatic rings. The first-order chi connectivity index (χ1) is 12.0. The molecule has 1 aliphatic heterocycles. The largest absolute Gasteiger partial charge is 0.382 e. The van der Waals surface area contributed by atoms with E-state index in [2.05, 4.69) is 49.1 Å². The fraction of sp³-hybridized carbons (Fsp3) is 0.333. The van der Waals surface area contributed by atoms with Crippen molar-refractivity contribution >= 4 is 62.7 Å². The summed E-state index contributed by atoms with van der Waals surface area (Å²) in [5.41, 5.74) is 12.9. The Labute approximate surface area is 159 Å². The van der Waals surface area contributed by atoms with Crippen LogP contribution >= 0.6 is 27.7 Å². The van der Waals surface area contributed by atoms with Gasteiger partial charge in [0.2, 0.25) is 0 Å². The molecule has 1 amide bonds. The number of carbonyl (C=O) groups excluding carboxylic acids is 1. The normalized spacial score (nSPS) is 15.9. The summed E-state index contributed by atoms with van der Waals surface area (Å²) >= 11 is 4.63. The Morgan fingerprint density at radius 3 is 2.72 bits per heavy atom. The van der Waals surface area contributed by atoms with Crippen molar-refractivity contribution in [3.05, 3.63) is 22.7 Å². The zero-order valence-electron chi connectivity index (χ0n) is 13.7. The predicted molar refractivity (Wildman–Crippen MR) is 109 cm³/mol. The summed E-state index contributed by atoms with van der Waals surface area (Å²) in [6.07, 6.45) is 1.66. The fourth-order valence-corrected chi connectivity index (χ4v) is 3.40. The quantitative estimate of drug-likeness (QED) is 0.543. The first kappa shape index (κ1) is 19.4. The molecule has 1 aromatic heterocycles. The number of anilines is 2. The van der Waals surface area contributed by atoms with Crippen molar-refractivity contribution in [2.24, 2.45) is 15.7 Å². The van der Waals surface area contributed by atoms with E-state index in [0.717, 1.165) is 35.0 Å². The molecule has 0 saturated carbocycles. The maximum Gasteiger partial charge on any atom is 0.262 e. The van der Waals surface area contributed by atoms with Crippen molar-refractivity contribution in [2.45, 2.75) is 0 Å². The van der Waals surface area contributed by atoms with Crippen molar-refractivity contribution in [1.82, 2.24) is 9.88 Å². The van der Waals surface area contributed by atoms with Crippen LogP contribution in [0.15, 0.2) is 32.6 Å². The lowest BCUT2D eigenvalue weighted by Gasteiger charge is -2.36. The number of aliphatic imine (C=N–C) groups is 2. The van der Waals surface area contributed by atoms with Gasteiger partial charge in [-0.25, -0.2) is 4.98 Å². The van der Waals surface area contributed by atoms with Gasteiger partial charge in [0.05, 0.1) is 16.7 Å². The van der Waals surface area contributed by atoms with E-state index in [1.807, 2.05) is 4.90 Å². The van der Waals surface area contributed by atoms with Crippen LogP contribution in [0, 0.1) is 0 Å². The highest BCUT2D eigenvalue weighted by atomic mass is 79.9. The van der Waals surface area contributed by atoms with Gasteiger partial charge >= 0.3 is 0 Å². The molecular weight excluding hydrogens is 406 g/mol. The minimum atomic E-state index is -0.261. The lowest BCUT2D eigenvalue weighted by atomic mass is 10.2. The standard InChI is InChI=1S/C15H20BrN7OS/c1-3-25-15(18)21-11(24)9-22-4-6-23(7-5-22)13-10(16)8-20-14(17)12(13)19-2/h3,8H,1-2,4-7,9H2,(H2,17,20)(H2,18,21,24). The number of hydrogen-bond acceptors (Lipinski definition) is 7. The smallest absolute Gasteiger partial charge is 0.262 e. The Morgan fingerprint density at radius 2 is 2.12 bits per heavy atom. The number of aromatic nitrogens is 1. The summed E-state index contributed by atoms with van der Waals surface area (Å²) in [5, 5.41) is 1.74. The molecule has 0 unspecified atom stereocenters. The maximum absolute atomic E-state index is 11.9. The Bertz CT molecular complexity index is 701. The van der Waals surface area contributed by atoms with Gasteiger partial charge in [-0.1, -0.05) is 18.3 Å². The molecule has 0 radical (unpaired) electrons. The van der Waals surface area contributed by atoms with Crippen molar-refractivity contribution in [3.8, 4) is 0 Å². The molecule has 0 aliphatic carbocycles. The number of thioether (sulfide) groups is 1. The number of hydrogen-bond donors (Lipinski definition) is 2. The van der Waals surface area contributed by atoms with Crippen molar-refractivity contribution < 1.29 is 4.79 Å². The summed E-state index contributed by atoms with van der Waals surface area (Å²) in [7, 11) is 0. The fourth-order valence-electron chi connectivity index (χ4n) is 2.53. The first-order valence-electron chi connectivity index (χ1n) is 7.48. The molecule has 0 aromatic carbocycles. The van der Waals surface area contributed by atoms with Gasteiger partial charge in [0, 0.05) is 32.4 Å². The second-order valence-electron chi connectivity index (χ2n) is 5.24. The third kappa shape index (κ3) is 5.03. The monoisotopic (exact) mass is 425 g/mol. The number of nitrogens with two attached hydrogens (primary N) is 2. The SMILES string of the molecule is C=CSC(N)=NC(=O)CN1CCN(c2c(Br)cnc(N)c2N=C)CC1. The second-order valence-corrected chi connectivity index (χ2v) is 7.08. The molecule has 2 heterocycles. The molecule has 0 spiro atoms. The third-order valence-electron chi connectivity index (χ3n) is 3.65. The van der Waals surface area contributed by atoms with Gasteiger partial charge < -0.3 is 16.4 Å². The molecule has 1 saturated heterocycles. The number of pyridine rings is 1. The molecule has 1 aliphatic rings. The van der Waals surface area contributed by atoms with Crippen LogP contribution in [0.5, 0.6) is 0 Å². The molecule has 0 bridgehead atoms. The van der Waals surface area contributed by atoms with Crippen molar-refractivity contribution in [3.63, 3.8) is 0 Å². The third-order valence-corrected chi connectivity index (χ3v) is 4.73. The van der Waals surface area contributed by atoms with E-state index in [0.29, 0.717) is 24.6 Å². The van der Waals surface area contributed by atoms with E-state index < -0.39 is 0 Å². The van der Waals surface area contributed by atoms with Crippen LogP contribution in [0.3, 0.4) is 0 Å². The van der Waals surface area contributed by atoms with E-state index in [-0.39, 0.29) is 17.6 Å². The average molecular weight is 426 g/mol. The number of nitrogen functional groups attached to an aromatic ring is 1. The number of amidine groups is 1. The Morgan fingerprint density at radius 1 is 1.44 bits per heavy atom. The summed E-state index contributed by atoms with van der Waals surface area (Å²) in [6.45, 7) is 10.2. The summed E-state index contributed by atoms with van der Waals surface area (Å²) in [6, 6.07) is 0. The zero-order chi connectivity index (χ0) is 18.4. The Hall–Kier alpha value is -1.91. The molecule has 10 heteroatoms.